The summed E-state index contributed by atoms with van der Waals surface area (Å²) in [4.78, 5) is 47.8. The highest BCUT2D eigenvalue weighted by molar-refractivity contribution is 5.91. The van der Waals surface area contributed by atoms with Crippen molar-refractivity contribution in [2.24, 2.45) is 23.2 Å². The van der Waals surface area contributed by atoms with Gasteiger partial charge in [0.05, 0.1) is 12.0 Å². The molecule has 3 amide bonds. The van der Waals surface area contributed by atoms with Gasteiger partial charge in [-0.1, -0.05) is 0 Å². The lowest BCUT2D eigenvalue weighted by Crippen LogP contribution is -2.59. The summed E-state index contributed by atoms with van der Waals surface area (Å²) in [6, 6.07) is -0.269. The number of nitrogens with zero attached hydrogens (tertiary/aromatic N) is 4. The summed E-state index contributed by atoms with van der Waals surface area (Å²) >= 11 is 0. The van der Waals surface area contributed by atoms with E-state index in [-0.39, 0.29) is 23.3 Å². The average Bonchev–Trinajstić information content (AvgIpc) is 3.28. The van der Waals surface area contributed by atoms with Gasteiger partial charge in [-0.25, -0.2) is 0 Å². The topological polar surface area (TPSA) is 64.2 Å². The van der Waals surface area contributed by atoms with Gasteiger partial charge in [0.1, 0.15) is 6.04 Å². The van der Waals surface area contributed by atoms with E-state index in [1.54, 1.807) is 0 Å². The van der Waals surface area contributed by atoms with Crippen molar-refractivity contribution in [3.8, 4) is 0 Å². The van der Waals surface area contributed by atoms with Crippen LogP contribution in [-0.4, -0.2) is 95.7 Å². The number of carbonyl (C=O) groups is 3. The Morgan fingerprint density at radius 3 is 1.97 bits per heavy atom. The molecule has 0 aromatic heterocycles. The Morgan fingerprint density at radius 2 is 1.42 bits per heavy atom. The molecular weight excluding hydrogens is 416 g/mol. The van der Waals surface area contributed by atoms with E-state index in [0.717, 1.165) is 82.6 Å². The smallest absolute Gasteiger partial charge is 0.245 e. The van der Waals surface area contributed by atoms with Crippen LogP contribution in [0, 0.1) is 23.2 Å². The highest BCUT2D eigenvalue weighted by Crippen LogP contribution is 2.60. The Balaban J connectivity index is 1.18. The van der Waals surface area contributed by atoms with E-state index >= 15 is 0 Å². The molecule has 0 spiro atoms. The standard InChI is InChI=1S/C26H42N4O3/c1-3-28(4-2)23(31)18-27-8-10-29(11-9-27)24(32)22-6-5-7-30(22)25(33)26-15-19-12-20(16-26)14-21(13-19)17-26/h19-22H,3-18H2,1-2H3. The Labute approximate surface area is 198 Å². The molecule has 0 radical (unpaired) electrons. The van der Waals surface area contributed by atoms with Gasteiger partial charge in [0, 0.05) is 45.8 Å². The number of likely N-dealkylation sites (tertiary alicyclic amines) is 1. The molecule has 1 unspecified atom stereocenters. The summed E-state index contributed by atoms with van der Waals surface area (Å²) in [5, 5.41) is 0. The van der Waals surface area contributed by atoms with E-state index in [1.165, 1.54) is 19.3 Å². The number of hydrogen-bond acceptors (Lipinski definition) is 4. The SMILES string of the molecule is CCN(CC)C(=O)CN1CCN(C(=O)C2CCCN2C(=O)C23CC4CC(CC(C4)C2)C3)CC1. The van der Waals surface area contributed by atoms with Crippen molar-refractivity contribution < 1.29 is 14.4 Å². The minimum absolute atomic E-state index is 0.139. The minimum Gasteiger partial charge on any atom is -0.342 e. The summed E-state index contributed by atoms with van der Waals surface area (Å²) in [6.45, 7) is 9.45. The maximum atomic E-state index is 13.9. The Bertz CT molecular complexity index is 736. The minimum atomic E-state index is -0.269. The molecule has 0 aromatic rings. The second kappa shape index (κ2) is 9.20. The van der Waals surface area contributed by atoms with Crippen LogP contribution in [0.2, 0.25) is 0 Å². The first-order chi connectivity index (χ1) is 15.9. The number of piperazine rings is 1. The fraction of sp³-hybridized carbons (Fsp3) is 0.885. The second-order valence-electron chi connectivity index (χ2n) is 11.5. The monoisotopic (exact) mass is 458 g/mol. The quantitative estimate of drug-likeness (QED) is 0.612. The van der Waals surface area contributed by atoms with Crippen molar-refractivity contribution in [3.63, 3.8) is 0 Å². The summed E-state index contributed by atoms with van der Waals surface area (Å²) in [7, 11) is 0. The van der Waals surface area contributed by atoms with Crippen molar-refractivity contribution in [2.45, 2.75) is 71.3 Å². The second-order valence-corrected chi connectivity index (χ2v) is 11.5. The van der Waals surface area contributed by atoms with Crippen LogP contribution in [0.1, 0.15) is 65.2 Å². The zero-order valence-corrected chi connectivity index (χ0v) is 20.6. The van der Waals surface area contributed by atoms with Gasteiger partial charge in [-0.3, -0.25) is 19.3 Å². The van der Waals surface area contributed by atoms with Crippen molar-refractivity contribution in [1.82, 2.24) is 19.6 Å². The van der Waals surface area contributed by atoms with Gasteiger partial charge in [0.15, 0.2) is 0 Å². The van der Waals surface area contributed by atoms with Crippen LogP contribution in [-0.2, 0) is 14.4 Å². The molecule has 7 nitrogen and oxygen atoms in total. The molecule has 6 rings (SSSR count). The highest BCUT2D eigenvalue weighted by atomic mass is 16.2. The lowest BCUT2D eigenvalue weighted by atomic mass is 9.49. The van der Waals surface area contributed by atoms with Crippen LogP contribution in [0.4, 0.5) is 0 Å². The molecule has 2 heterocycles. The first-order valence-electron chi connectivity index (χ1n) is 13.5. The molecule has 6 fully saturated rings. The van der Waals surface area contributed by atoms with Gasteiger partial charge in [-0.15, -0.1) is 0 Å². The molecule has 7 heteroatoms. The molecule has 33 heavy (non-hydrogen) atoms. The van der Waals surface area contributed by atoms with Gasteiger partial charge >= 0.3 is 0 Å². The summed E-state index contributed by atoms with van der Waals surface area (Å²) in [5.41, 5.74) is -0.166. The summed E-state index contributed by atoms with van der Waals surface area (Å²) in [5.74, 6) is 2.83. The lowest BCUT2D eigenvalue weighted by Gasteiger charge is -2.56. The van der Waals surface area contributed by atoms with Crippen molar-refractivity contribution >= 4 is 17.7 Å². The molecule has 2 saturated heterocycles. The van der Waals surface area contributed by atoms with Crippen LogP contribution in [0.25, 0.3) is 0 Å². The summed E-state index contributed by atoms with van der Waals surface area (Å²) in [6.07, 6.45) is 8.92. The van der Waals surface area contributed by atoms with Gasteiger partial charge in [0.2, 0.25) is 17.7 Å². The zero-order valence-electron chi connectivity index (χ0n) is 20.6. The molecule has 4 bridgehead atoms. The Morgan fingerprint density at radius 1 is 0.848 bits per heavy atom. The zero-order chi connectivity index (χ0) is 23.2. The average molecular weight is 459 g/mol. The van der Waals surface area contributed by atoms with Gasteiger partial charge in [-0.05, 0) is 83.0 Å². The van der Waals surface area contributed by atoms with Crippen molar-refractivity contribution in [3.05, 3.63) is 0 Å². The van der Waals surface area contributed by atoms with Crippen molar-refractivity contribution in [2.75, 3.05) is 52.4 Å². The number of rotatable bonds is 6. The fourth-order valence-electron chi connectivity index (χ4n) is 8.15. The van der Waals surface area contributed by atoms with Crippen LogP contribution in [0.15, 0.2) is 0 Å². The third-order valence-corrected chi connectivity index (χ3v) is 9.45. The van der Waals surface area contributed by atoms with Crippen LogP contribution < -0.4 is 0 Å². The summed E-state index contributed by atoms with van der Waals surface area (Å²) < 4.78 is 0. The molecule has 0 aromatic carbocycles. The van der Waals surface area contributed by atoms with E-state index in [2.05, 4.69) is 4.90 Å². The lowest BCUT2D eigenvalue weighted by molar-refractivity contribution is -0.162. The molecule has 4 aliphatic carbocycles. The third-order valence-electron chi connectivity index (χ3n) is 9.45. The molecule has 6 aliphatic rings. The van der Waals surface area contributed by atoms with Crippen LogP contribution >= 0.6 is 0 Å². The maximum absolute atomic E-state index is 13.9. The van der Waals surface area contributed by atoms with E-state index in [0.29, 0.717) is 25.5 Å². The molecule has 2 aliphatic heterocycles. The molecule has 184 valence electrons. The molecular formula is C26H42N4O3. The van der Waals surface area contributed by atoms with Crippen LogP contribution in [0.3, 0.4) is 0 Å². The van der Waals surface area contributed by atoms with Gasteiger partial charge in [-0.2, -0.15) is 0 Å². The fourth-order valence-corrected chi connectivity index (χ4v) is 8.15. The third kappa shape index (κ3) is 4.30. The largest absolute Gasteiger partial charge is 0.342 e. The first kappa shape index (κ1) is 23.1. The van der Waals surface area contributed by atoms with Gasteiger partial charge < -0.3 is 14.7 Å². The predicted octanol–water partition coefficient (Wildman–Crippen LogP) is 2.21. The van der Waals surface area contributed by atoms with Crippen molar-refractivity contribution in [1.29, 1.82) is 0 Å². The van der Waals surface area contributed by atoms with E-state index in [9.17, 15) is 14.4 Å². The Hall–Kier alpha value is -1.63. The molecule has 4 saturated carbocycles. The number of hydrogen-bond donors (Lipinski definition) is 0. The maximum Gasteiger partial charge on any atom is 0.245 e. The first-order valence-corrected chi connectivity index (χ1v) is 13.5. The Kier molecular flexibility index (Phi) is 6.45. The number of amides is 3. The van der Waals surface area contributed by atoms with E-state index in [4.69, 9.17) is 0 Å². The predicted molar refractivity (Wildman–Crippen MR) is 126 cm³/mol. The number of likely N-dealkylation sites (N-methyl/N-ethyl adjacent to an activating group) is 1. The highest BCUT2D eigenvalue weighted by Gasteiger charge is 2.57. The van der Waals surface area contributed by atoms with E-state index in [1.807, 2.05) is 28.5 Å². The molecule has 1 atom stereocenters. The van der Waals surface area contributed by atoms with Gasteiger partial charge in [0.25, 0.3) is 0 Å². The van der Waals surface area contributed by atoms with E-state index < -0.39 is 0 Å². The molecule has 0 N–H and O–H groups in total. The van der Waals surface area contributed by atoms with Crippen LogP contribution in [0.5, 0.6) is 0 Å². The number of carbonyl (C=O) groups excluding carboxylic acids is 3. The normalized spacial score (nSPS) is 35.8.